The van der Waals surface area contributed by atoms with E-state index in [0.717, 1.165) is 31.4 Å². The third-order valence-corrected chi connectivity index (χ3v) is 6.73. The van der Waals surface area contributed by atoms with Crippen molar-refractivity contribution in [2.45, 2.75) is 49.7 Å². The van der Waals surface area contributed by atoms with Gasteiger partial charge in [-0.3, -0.25) is 9.59 Å². The summed E-state index contributed by atoms with van der Waals surface area (Å²) in [5, 5.41) is 3.05. The van der Waals surface area contributed by atoms with E-state index in [9.17, 15) is 18.4 Å². The number of halogens is 2. The standard InChI is InChI=1S/C22H28F2N2O4/c1-29-16-4-2-3-15(9-16)21(28)26-11-17(14-5-6-18(23)19(24)10-14)22(12-26)13-30-8-7-20(27)25-22/h5-6,10,15-17H,2-4,7-9,11-13H2,1H3,(H,25,27)/t15-,16+,17+,22+/m1/s1. The molecule has 4 rings (SSSR count). The van der Waals surface area contributed by atoms with Crippen LogP contribution in [-0.4, -0.2) is 61.8 Å². The molecule has 6 nitrogen and oxygen atoms in total. The lowest BCUT2D eigenvalue weighted by molar-refractivity contribution is -0.137. The molecule has 4 atom stereocenters. The van der Waals surface area contributed by atoms with Crippen molar-refractivity contribution in [3.63, 3.8) is 0 Å². The summed E-state index contributed by atoms with van der Waals surface area (Å²) in [6.45, 7) is 1.12. The van der Waals surface area contributed by atoms with Crippen LogP contribution in [0, 0.1) is 17.6 Å². The van der Waals surface area contributed by atoms with E-state index in [-0.39, 0.29) is 49.3 Å². The quantitative estimate of drug-likeness (QED) is 0.812. The van der Waals surface area contributed by atoms with E-state index in [4.69, 9.17) is 9.47 Å². The second kappa shape index (κ2) is 8.59. The third kappa shape index (κ3) is 4.07. The highest BCUT2D eigenvalue weighted by Gasteiger charge is 2.51. The fourth-order valence-corrected chi connectivity index (χ4v) is 5.14. The normalized spacial score (nSPS) is 32.2. The first-order chi connectivity index (χ1) is 14.4. The molecule has 2 amide bonds. The lowest BCUT2D eigenvalue weighted by atomic mass is 9.82. The minimum atomic E-state index is -0.941. The van der Waals surface area contributed by atoms with E-state index in [1.807, 2.05) is 0 Å². The molecular formula is C22H28F2N2O4. The minimum Gasteiger partial charge on any atom is -0.381 e. The Labute approximate surface area is 174 Å². The molecule has 1 N–H and O–H groups in total. The average molecular weight is 422 g/mol. The molecule has 0 radical (unpaired) electrons. The Morgan fingerprint density at radius 2 is 2.13 bits per heavy atom. The second-order valence-electron chi connectivity index (χ2n) is 8.67. The van der Waals surface area contributed by atoms with Crippen molar-refractivity contribution in [3.8, 4) is 0 Å². The number of ether oxygens (including phenoxy) is 2. The van der Waals surface area contributed by atoms with E-state index in [0.29, 0.717) is 25.1 Å². The molecule has 2 heterocycles. The Balaban J connectivity index is 1.62. The van der Waals surface area contributed by atoms with E-state index < -0.39 is 17.2 Å². The van der Waals surface area contributed by atoms with Crippen LogP contribution in [0.25, 0.3) is 0 Å². The van der Waals surface area contributed by atoms with Gasteiger partial charge in [0, 0.05) is 38.5 Å². The predicted octanol–water partition coefficient (Wildman–Crippen LogP) is 2.37. The van der Waals surface area contributed by atoms with Gasteiger partial charge >= 0.3 is 0 Å². The Kier molecular flexibility index (Phi) is 6.06. The second-order valence-corrected chi connectivity index (χ2v) is 8.67. The maximum atomic E-state index is 14.0. The molecule has 3 aliphatic rings. The monoisotopic (exact) mass is 422 g/mol. The first-order valence-corrected chi connectivity index (χ1v) is 10.6. The smallest absolute Gasteiger partial charge is 0.225 e. The van der Waals surface area contributed by atoms with Crippen LogP contribution in [0.1, 0.15) is 43.6 Å². The maximum absolute atomic E-state index is 14.0. The van der Waals surface area contributed by atoms with Gasteiger partial charge in [-0.05, 0) is 37.0 Å². The number of hydrogen-bond donors (Lipinski definition) is 1. The predicted molar refractivity (Wildman–Crippen MR) is 105 cm³/mol. The summed E-state index contributed by atoms with van der Waals surface area (Å²) in [4.78, 5) is 27.4. The molecule has 2 saturated heterocycles. The third-order valence-electron chi connectivity index (χ3n) is 6.73. The van der Waals surface area contributed by atoms with Crippen LogP contribution in [0.15, 0.2) is 18.2 Å². The molecule has 0 bridgehead atoms. The van der Waals surface area contributed by atoms with Gasteiger partial charge in [0.15, 0.2) is 11.6 Å². The summed E-state index contributed by atoms with van der Waals surface area (Å²) in [5.41, 5.74) is -0.309. The molecule has 2 aliphatic heterocycles. The molecular weight excluding hydrogens is 394 g/mol. The molecule has 30 heavy (non-hydrogen) atoms. The highest BCUT2D eigenvalue weighted by atomic mass is 19.2. The lowest BCUT2D eigenvalue weighted by Gasteiger charge is -2.34. The van der Waals surface area contributed by atoms with Crippen LogP contribution in [0.4, 0.5) is 8.78 Å². The molecule has 0 unspecified atom stereocenters. The molecule has 1 spiro atoms. The zero-order valence-electron chi connectivity index (χ0n) is 17.2. The molecule has 3 fully saturated rings. The summed E-state index contributed by atoms with van der Waals surface area (Å²) < 4.78 is 38.7. The first-order valence-electron chi connectivity index (χ1n) is 10.6. The van der Waals surface area contributed by atoms with Gasteiger partial charge in [-0.15, -0.1) is 0 Å². The maximum Gasteiger partial charge on any atom is 0.225 e. The number of amides is 2. The summed E-state index contributed by atoms with van der Waals surface area (Å²) in [6, 6.07) is 3.78. The SMILES string of the molecule is CO[C@H]1CCC[C@@H](C(=O)N2C[C@@H](c3ccc(F)c(F)c3)[C@@]3(COCCC(=O)N3)C2)C1. The van der Waals surface area contributed by atoms with Crippen molar-refractivity contribution in [1.29, 1.82) is 0 Å². The summed E-state index contributed by atoms with van der Waals surface area (Å²) >= 11 is 0. The molecule has 1 aromatic carbocycles. The molecule has 8 heteroatoms. The number of rotatable bonds is 3. The number of nitrogens with zero attached hydrogens (tertiary/aromatic N) is 1. The fourth-order valence-electron chi connectivity index (χ4n) is 5.14. The number of carbonyl (C=O) groups excluding carboxylic acids is 2. The lowest BCUT2D eigenvalue weighted by Crippen LogP contribution is -2.56. The average Bonchev–Trinajstić information content (AvgIpc) is 3.00. The van der Waals surface area contributed by atoms with Gasteiger partial charge in [0.05, 0.1) is 24.9 Å². The van der Waals surface area contributed by atoms with Crippen molar-refractivity contribution in [2.75, 3.05) is 33.4 Å². The fraction of sp³-hybridized carbons (Fsp3) is 0.636. The summed E-state index contributed by atoms with van der Waals surface area (Å²) in [7, 11) is 1.67. The van der Waals surface area contributed by atoms with Crippen LogP contribution in [0.5, 0.6) is 0 Å². The van der Waals surface area contributed by atoms with Gasteiger partial charge in [-0.25, -0.2) is 8.78 Å². The van der Waals surface area contributed by atoms with Crippen LogP contribution in [-0.2, 0) is 19.1 Å². The minimum absolute atomic E-state index is 0.0275. The van der Waals surface area contributed by atoms with Crippen molar-refractivity contribution >= 4 is 11.8 Å². The Hall–Kier alpha value is -2.06. The van der Waals surface area contributed by atoms with E-state index >= 15 is 0 Å². The van der Waals surface area contributed by atoms with E-state index in [1.54, 1.807) is 12.0 Å². The number of benzene rings is 1. The largest absolute Gasteiger partial charge is 0.381 e. The van der Waals surface area contributed by atoms with Gasteiger partial charge in [0.25, 0.3) is 0 Å². The van der Waals surface area contributed by atoms with Gasteiger partial charge in [-0.2, -0.15) is 0 Å². The van der Waals surface area contributed by atoms with E-state index in [2.05, 4.69) is 5.32 Å². The number of carbonyl (C=O) groups is 2. The molecule has 0 aromatic heterocycles. The van der Waals surface area contributed by atoms with Crippen LogP contribution in [0.3, 0.4) is 0 Å². The zero-order valence-corrected chi connectivity index (χ0v) is 17.2. The van der Waals surface area contributed by atoms with Crippen LogP contribution >= 0.6 is 0 Å². The highest BCUT2D eigenvalue weighted by molar-refractivity contribution is 5.81. The molecule has 1 aromatic rings. The molecule has 1 saturated carbocycles. The van der Waals surface area contributed by atoms with Crippen molar-refractivity contribution in [1.82, 2.24) is 10.2 Å². The Morgan fingerprint density at radius 1 is 1.30 bits per heavy atom. The van der Waals surface area contributed by atoms with Gasteiger partial charge in [0.2, 0.25) is 11.8 Å². The first kappa shape index (κ1) is 21.2. The number of hydrogen-bond acceptors (Lipinski definition) is 4. The highest BCUT2D eigenvalue weighted by Crippen LogP contribution is 2.39. The molecule has 1 aliphatic carbocycles. The topological polar surface area (TPSA) is 67.9 Å². The Bertz CT molecular complexity index is 820. The van der Waals surface area contributed by atoms with Crippen molar-refractivity contribution < 1.29 is 27.8 Å². The van der Waals surface area contributed by atoms with Gasteiger partial charge < -0.3 is 19.7 Å². The zero-order chi connectivity index (χ0) is 21.3. The number of nitrogens with one attached hydrogen (secondary N) is 1. The molecule has 164 valence electrons. The number of methoxy groups -OCH3 is 1. The summed E-state index contributed by atoms with van der Waals surface area (Å²) in [6.07, 6.45) is 3.68. The van der Waals surface area contributed by atoms with Gasteiger partial charge in [-0.1, -0.05) is 12.5 Å². The summed E-state index contributed by atoms with van der Waals surface area (Å²) in [5.74, 6) is -2.52. The van der Waals surface area contributed by atoms with Crippen molar-refractivity contribution in [2.24, 2.45) is 5.92 Å². The van der Waals surface area contributed by atoms with Crippen molar-refractivity contribution in [3.05, 3.63) is 35.4 Å². The van der Waals surface area contributed by atoms with Crippen LogP contribution < -0.4 is 5.32 Å². The Morgan fingerprint density at radius 3 is 2.90 bits per heavy atom. The number of likely N-dealkylation sites (tertiary alicyclic amines) is 1. The van der Waals surface area contributed by atoms with E-state index in [1.165, 1.54) is 6.07 Å². The van der Waals surface area contributed by atoms with Gasteiger partial charge in [0.1, 0.15) is 0 Å². The van der Waals surface area contributed by atoms with Crippen LogP contribution in [0.2, 0.25) is 0 Å².